The Balaban J connectivity index is 0.000000268. The van der Waals surface area contributed by atoms with Gasteiger partial charge < -0.3 is 0 Å². The summed E-state index contributed by atoms with van der Waals surface area (Å²) in [6.45, 7) is 0. The normalized spacial score (nSPS) is 9.39. The van der Waals surface area contributed by atoms with Crippen molar-refractivity contribution in [3.8, 4) is 0 Å². The maximum absolute atomic E-state index is 12.1. The Labute approximate surface area is 134 Å². The predicted octanol–water partition coefficient (Wildman–Crippen LogP) is 4.51. The van der Waals surface area contributed by atoms with Gasteiger partial charge in [0.15, 0.2) is 5.78 Å². The second-order valence-electron chi connectivity index (χ2n) is 4.62. The molecule has 4 nitrogen and oxygen atoms in total. The first-order valence-corrected chi connectivity index (χ1v) is 7.03. The summed E-state index contributed by atoms with van der Waals surface area (Å²) in [7, 11) is 0. The Hall–Kier alpha value is -3.27. The molecule has 4 heteroatoms. The van der Waals surface area contributed by atoms with E-state index in [1.807, 2.05) is 36.4 Å². The number of nitrogens with zero attached hydrogens (tertiary/aromatic N) is 1. The minimum absolute atomic E-state index is 0.115. The monoisotopic (exact) mass is 305 g/mol. The maximum atomic E-state index is 12.1. The van der Waals surface area contributed by atoms with Crippen molar-refractivity contribution in [1.29, 1.82) is 0 Å². The topological polar surface area (TPSA) is 60.2 Å². The van der Waals surface area contributed by atoms with Crippen molar-refractivity contribution in [2.75, 3.05) is 0 Å². The van der Waals surface area contributed by atoms with Gasteiger partial charge in [-0.2, -0.15) is 0 Å². The lowest BCUT2D eigenvalue weighted by molar-refractivity contribution is -0.385. The standard InChI is InChI=1S/C13H9NO3.C6H6/c15-13(10-6-2-1-3-7-10)11-8-4-5-9-12(11)14(16)17;1-2-4-6-5-3-1/h1-9H;1-6H. The van der Waals surface area contributed by atoms with Crippen molar-refractivity contribution in [2.45, 2.75) is 0 Å². The molecule has 0 saturated heterocycles. The van der Waals surface area contributed by atoms with Crippen LogP contribution in [0.25, 0.3) is 0 Å². The molecular weight excluding hydrogens is 290 g/mol. The molecule has 3 aromatic rings. The summed E-state index contributed by atoms with van der Waals surface area (Å²) < 4.78 is 0. The van der Waals surface area contributed by atoms with Gasteiger partial charge in [-0.1, -0.05) is 78.9 Å². The van der Waals surface area contributed by atoms with Crippen LogP contribution >= 0.6 is 0 Å². The van der Waals surface area contributed by atoms with Crippen LogP contribution < -0.4 is 0 Å². The quantitative estimate of drug-likeness (QED) is 0.406. The van der Waals surface area contributed by atoms with Crippen LogP contribution in [-0.2, 0) is 0 Å². The highest BCUT2D eigenvalue weighted by Crippen LogP contribution is 2.20. The van der Waals surface area contributed by atoms with Gasteiger partial charge in [0, 0.05) is 11.6 Å². The van der Waals surface area contributed by atoms with Crippen molar-refractivity contribution in [2.24, 2.45) is 0 Å². The van der Waals surface area contributed by atoms with Gasteiger partial charge in [0.05, 0.1) is 4.92 Å². The average Bonchev–Trinajstić information content (AvgIpc) is 2.64. The van der Waals surface area contributed by atoms with Crippen LogP contribution in [0.1, 0.15) is 15.9 Å². The highest BCUT2D eigenvalue weighted by Gasteiger charge is 2.19. The zero-order chi connectivity index (χ0) is 16.5. The number of carbonyl (C=O) groups excluding carboxylic acids is 1. The Bertz CT molecular complexity index is 744. The Morgan fingerprint density at radius 1 is 0.696 bits per heavy atom. The van der Waals surface area contributed by atoms with Crippen molar-refractivity contribution >= 4 is 11.5 Å². The molecule has 0 amide bonds. The number of carbonyl (C=O) groups is 1. The minimum atomic E-state index is -0.545. The number of benzene rings is 3. The fraction of sp³-hybridized carbons (Fsp3) is 0. The second kappa shape index (κ2) is 8.24. The number of nitro benzene ring substituents is 1. The van der Waals surface area contributed by atoms with E-state index in [0.717, 1.165) is 0 Å². The molecule has 3 aromatic carbocycles. The first kappa shape index (κ1) is 16.1. The summed E-state index contributed by atoms with van der Waals surface area (Å²) in [4.78, 5) is 22.3. The molecule has 114 valence electrons. The number of hydrogen-bond acceptors (Lipinski definition) is 3. The average molecular weight is 305 g/mol. The van der Waals surface area contributed by atoms with Gasteiger partial charge in [0.2, 0.25) is 0 Å². The lowest BCUT2D eigenvalue weighted by Gasteiger charge is -2.01. The third-order valence-electron chi connectivity index (χ3n) is 3.05. The molecule has 3 rings (SSSR count). The van der Waals surface area contributed by atoms with Gasteiger partial charge in [0.25, 0.3) is 5.69 Å². The third-order valence-corrected chi connectivity index (χ3v) is 3.05. The SMILES string of the molecule is O=C(c1ccccc1)c1ccccc1[N+](=O)[O-].c1ccccc1. The largest absolute Gasteiger partial charge is 0.288 e. The molecule has 23 heavy (non-hydrogen) atoms. The van der Waals surface area contributed by atoms with Crippen molar-refractivity contribution in [3.05, 3.63) is 112 Å². The zero-order valence-corrected chi connectivity index (χ0v) is 12.3. The summed E-state index contributed by atoms with van der Waals surface area (Å²) in [6.07, 6.45) is 0. The van der Waals surface area contributed by atoms with Gasteiger partial charge >= 0.3 is 0 Å². The van der Waals surface area contributed by atoms with Crippen LogP contribution in [-0.4, -0.2) is 10.7 Å². The Morgan fingerprint density at radius 3 is 1.65 bits per heavy atom. The molecule has 0 bridgehead atoms. The Kier molecular flexibility index (Phi) is 5.77. The predicted molar refractivity (Wildman–Crippen MR) is 89.4 cm³/mol. The fourth-order valence-electron chi connectivity index (χ4n) is 1.95. The smallest absolute Gasteiger partial charge is 0.280 e. The number of para-hydroxylation sites is 1. The second-order valence-corrected chi connectivity index (χ2v) is 4.62. The lowest BCUT2D eigenvalue weighted by Crippen LogP contribution is -2.04. The molecule has 0 heterocycles. The molecule has 0 spiro atoms. The molecule has 0 N–H and O–H groups in total. The third kappa shape index (κ3) is 4.61. The summed E-state index contributed by atoms with van der Waals surface area (Å²) in [5.41, 5.74) is 0.395. The first-order chi connectivity index (χ1) is 11.2. The molecule has 0 aliphatic carbocycles. The summed E-state index contributed by atoms with van der Waals surface area (Å²) in [6, 6.07) is 26.5. The van der Waals surface area contributed by atoms with Gasteiger partial charge in [-0.3, -0.25) is 14.9 Å². The van der Waals surface area contributed by atoms with Crippen LogP contribution in [0.2, 0.25) is 0 Å². The molecule has 0 aliphatic rings. The van der Waals surface area contributed by atoms with E-state index in [2.05, 4.69) is 0 Å². The Morgan fingerprint density at radius 2 is 1.13 bits per heavy atom. The number of rotatable bonds is 3. The van der Waals surface area contributed by atoms with E-state index in [1.165, 1.54) is 12.1 Å². The molecule has 0 radical (unpaired) electrons. The van der Waals surface area contributed by atoms with E-state index in [4.69, 9.17) is 0 Å². The van der Waals surface area contributed by atoms with Crippen LogP contribution in [0, 0.1) is 10.1 Å². The zero-order valence-electron chi connectivity index (χ0n) is 12.3. The van der Waals surface area contributed by atoms with E-state index >= 15 is 0 Å². The highest BCUT2D eigenvalue weighted by atomic mass is 16.6. The van der Waals surface area contributed by atoms with Crippen molar-refractivity contribution in [3.63, 3.8) is 0 Å². The molecule has 0 aromatic heterocycles. The van der Waals surface area contributed by atoms with Crippen LogP contribution in [0.3, 0.4) is 0 Å². The summed E-state index contributed by atoms with van der Waals surface area (Å²) in [5, 5.41) is 10.8. The molecule has 0 atom stereocenters. The summed E-state index contributed by atoms with van der Waals surface area (Å²) in [5.74, 6) is -0.335. The number of nitro groups is 1. The molecule has 0 unspecified atom stereocenters. The molecular formula is C19H15NO3. The maximum Gasteiger partial charge on any atom is 0.280 e. The van der Waals surface area contributed by atoms with Gasteiger partial charge in [0.1, 0.15) is 5.56 Å². The number of ketones is 1. The molecule has 0 saturated carbocycles. The fourth-order valence-corrected chi connectivity index (χ4v) is 1.95. The van der Waals surface area contributed by atoms with Gasteiger partial charge in [-0.25, -0.2) is 0 Å². The van der Waals surface area contributed by atoms with Gasteiger partial charge in [-0.05, 0) is 6.07 Å². The van der Waals surface area contributed by atoms with Crippen LogP contribution in [0.15, 0.2) is 91.0 Å². The highest BCUT2D eigenvalue weighted by molar-refractivity contribution is 6.11. The molecule has 0 fully saturated rings. The van der Waals surface area contributed by atoms with Crippen LogP contribution in [0.5, 0.6) is 0 Å². The minimum Gasteiger partial charge on any atom is -0.288 e. The van der Waals surface area contributed by atoms with E-state index in [-0.39, 0.29) is 17.0 Å². The van der Waals surface area contributed by atoms with Crippen molar-refractivity contribution < 1.29 is 9.72 Å². The van der Waals surface area contributed by atoms with Crippen LogP contribution in [0.4, 0.5) is 5.69 Å². The van der Waals surface area contributed by atoms with E-state index in [1.54, 1.807) is 42.5 Å². The van der Waals surface area contributed by atoms with Crippen molar-refractivity contribution in [1.82, 2.24) is 0 Å². The lowest BCUT2D eigenvalue weighted by atomic mass is 10.0. The summed E-state index contributed by atoms with van der Waals surface area (Å²) >= 11 is 0. The first-order valence-electron chi connectivity index (χ1n) is 7.03. The number of hydrogen-bond donors (Lipinski definition) is 0. The van der Waals surface area contributed by atoms with E-state index in [9.17, 15) is 14.9 Å². The van der Waals surface area contributed by atoms with E-state index in [0.29, 0.717) is 5.56 Å². The molecule has 0 aliphatic heterocycles. The van der Waals surface area contributed by atoms with E-state index < -0.39 is 4.92 Å². The van der Waals surface area contributed by atoms with Gasteiger partial charge in [-0.15, -0.1) is 0 Å².